The fourth-order valence-electron chi connectivity index (χ4n) is 4.43. The maximum Gasteiger partial charge on any atom is 0.194 e. The summed E-state index contributed by atoms with van der Waals surface area (Å²) in [7, 11) is 0. The zero-order valence-electron chi connectivity index (χ0n) is 21.9. The van der Waals surface area contributed by atoms with Gasteiger partial charge in [0.25, 0.3) is 0 Å². The van der Waals surface area contributed by atoms with Crippen LogP contribution >= 0.6 is 11.8 Å². The highest BCUT2D eigenvalue weighted by Gasteiger charge is 2.48. The van der Waals surface area contributed by atoms with Crippen LogP contribution in [0.1, 0.15) is 47.9 Å². The van der Waals surface area contributed by atoms with E-state index in [0.29, 0.717) is 17.1 Å². The van der Waals surface area contributed by atoms with Crippen LogP contribution in [0.5, 0.6) is 0 Å². The van der Waals surface area contributed by atoms with E-state index in [1.807, 2.05) is 6.92 Å². The highest BCUT2D eigenvalue weighted by molar-refractivity contribution is 8.00. The number of ether oxygens (including phenoxy) is 1. The van der Waals surface area contributed by atoms with Gasteiger partial charge in [0, 0.05) is 5.56 Å². The quantitative estimate of drug-likeness (QED) is 0.313. The van der Waals surface area contributed by atoms with Gasteiger partial charge in [-0.25, -0.2) is 17.9 Å². The Morgan fingerprint density at radius 1 is 1.03 bits per heavy atom. The molecule has 0 saturated carbocycles. The molecule has 2 aromatic heterocycles. The van der Waals surface area contributed by atoms with E-state index in [0.717, 1.165) is 34.3 Å². The zero-order chi connectivity index (χ0) is 28.8. The minimum absolute atomic E-state index is 0.0427. The van der Waals surface area contributed by atoms with Gasteiger partial charge in [0.1, 0.15) is 35.5 Å². The summed E-state index contributed by atoms with van der Waals surface area (Å²) in [5.74, 6) is -4.45. The number of benzene rings is 1. The third-order valence-corrected chi connectivity index (χ3v) is 8.35. The fraction of sp³-hybridized carbons (Fsp3) is 0.520. The van der Waals surface area contributed by atoms with Crippen molar-refractivity contribution < 1.29 is 38.3 Å². The monoisotopic (exact) mass is 569 g/mol. The minimum Gasteiger partial charge on any atom is -0.394 e. The van der Waals surface area contributed by atoms with Crippen molar-refractivity contribution >= 4 is 11.8 Å². The number of halogens is 3. The number of thioether (sulfide) groups is 1. The summed E-state index contributed by atoms with van der Waals surface area (Å²) in [6.07, 6.45) is -2.83. The largest absolute Gasteiger partial charge is 0.394 e. The van der Waals surface area contributed by atoms with E-state index in [2.05, 4.69) is 20.3 Å². The van der Waals surface area contributed by atoms with E-state index >= 15 is 0 Å². The summed E-state index contributed by atoms with van der Waals surface area (Å²) >= 11 is 1.04. The van der Waals surface area contributed by atoms with Crippen molar-refractivity contribution in [1.82, 2.24) is 25.0 Å². The molecule has 1 aromatic carbocycles. The molecule has 0 bridgehead atoms. The number of hydrogen-bond acceptors (Lipinski definition) is 10. The van der Waals surface area contributed by atoms with Crippen LogP contribution in [0.25, 0.3) is 11.3 Å². The summed E-state index contributed by atoms with van der Waals surface area (Å²) in [6, 6.07) is 0.290. The van der Waals surface area contributed by atoms with Crippen LogP contribution in [0.3, 0.4) is 0 Å². The molecule has 1 fully saturated rings. The Labute approximate surface area is 226 Å². The molecule has 3 heterocycles. The molecule has 0 amide bonds. The fourth-order valence-corrected chi connectivity index (χ4v) is 5.91. The van der Waals surface area contributed by atoms with Gasteiger partial charge in [-0.3, -0.25) is 9.97 Å². The molecule has 0 aliphatic carbocycles. The van der Waals surface area contributed by atoms with Gasteiger partial charge in [-0.2, -0.15) is 0 Å². The number of hydrogen-bond donors (Lipinski definition) is 4. The number of nitrogens with zero attached hydrogens (tertiary/aromatic N) is 5. The van der Waals surface area contributed by atoms with Gasteiger partial charge in [-0.05, 0) is 46.8 Å². The van der Waals surface area contributed by atoms with E-state index < -0.39 is 64.7 Å². The number of rotatable bonds is 7. The maximum atomic E-state index is 13.8. The predicted molar refractivity (Wildman–Crippen MR) is 135 cm³/mol. The summed E-state index contributed by atoms with van der Waals surface area (Å²) in [5.41, 5.74) is -0.133. The van der Waals surface area contributed by atoms with Crippen LogP contribution in [0.4, 0.5) is 13.2 Å². The van der Waals surface area contributed by atoms with Gasteiger partial charge in [-0.15, -0.1) is 16.9 Å². The van der Waals surface area contributed by atoms with Crippen molar-refractivity contribution in [3.63, 3.8) is 0 Å². The summed E-state index contributed by atoms with van der Waals surface area (Å²) in [6.45, 7) is 7.92. The lowest BCUT2D eigenvalue weighted by molar-refractivity contribution is -0.179. The van der Waals surface area contributed by atoms with Gasteiger partial charge >= 0.3 is 0 Å². The Hall–Kier alpha value is -2.62. The average Bonchev–Trinajstić information content (AvgIpc) is 3.33. The highest BCUT2D eigenvalue weighted by atomic mass is 32.2. The highest BCUT2D eigenvalue weighted by Crippen LogP contribution is 2.46. The Kier molecular flexibility index (Phi) is 8.36. The van der Waals surface area contributed by atoms with Crippen LogP contribution in [-0.4, -0.2) is 81.3 Å². The Morgan fingerprint density at radius 3 is 2.23 bits per heavy atom. The average molecular weight is 570 g/mol. The maximum absolute atomic E-state index is 13.8. The first kappa shape index (κ1) is 29.4. The molecule has 6 atom stereocenters. The summed E-state index contributed by atoms with van der Waals surface area (Å²) < 4.78 is 47.9. The topological polar surface area (TPSA) is 147 Å². The first-order valence-corrected chi connectivity index (χ1v) is 13.1. The third-order valence-electron chi connectivity index (χ3n) is 6.62. The van der Waals surface area contributed by atoms with Crippen LogP contribution in [0.15, 0.2) is 18.3 Å². The van der Waals surface area contributed by atoms with Crippen LogP contribution in [0, 0.1) is 38.2 Å². The van der Waals surface area contributed by atoms with Crippen molar-refractivity contribution in [3.8, 4) is 11.3 Å². The smallest absolute Gasteiger partial charge is 0.194 e. The molecule has 1 saturated heterocycles. The minimum atomic E-state index is -1.63. The van der Waals surface area contributed by atoms with Crippen LogP contribution < -0.4 is 0 Å². The van der Waals surface area contributed by atoms with Gasteiger partial charge in [-0.1, -0.05) is 5.21 Å². The first-order valence-electron chi connectivity index (χ1n) is 12.1. The molecule has 0 radical (unpaired) electrons. The number of aliphatic hydroxyl groups is 4. The van der Waals surface area contributed by atoms with Crippen molar-refractivity contribution in [3.05, 3.63) is 58.6 Å². The molecule has 1 aliphatic rings. The lowest BCUT2D eigenvalue weighted by Crippen LogP contribution is -2.55. The Bertz CT molecular complexity index is 1330. The second kappa shape index (κ2) is 11.1. The van der Waals surface area contributed by atoms with Gasteiger partial charge in [0.15, 0.2) is 17.5 Å². The predicted octanol–water partition coefficient (Wildman–Crippen LogP) is 2.30. The standard InChI is InChI=1S/C25H30F3N5O5S/c1-10-11(2)30-19(12(3)29-10)23(25(4,5)37)39-24-22(36)20(21(35)17(9-34)38-24)33-8-16(31-32-33)13-6-14(26)18(28)15(27)7-13/h6-8,17,20-24,34-37H,9H2,1-5H3/t17-,20+,21+,22-,23+,24+/m1/s1. The number of aliphatic hydroxyl groups excluding tert-OH is 3. The molecule has 1 aliphatic heterocycles. The molecular formula is C25H30F3N5O5S. The van der Waals surface area contributed by atoms with Gasteiger partial charge < -0.3 is 25.2 Å². The Balaban J connectivity index is 1.69. The number of aromatic nitrogens is 5. The van der Waals surface area contributed by atoms with Crippen LogP contribution in [0.2, 0.25) is 0 Å². The Morgan fingerprint density at radius 2 is 1.64 bits per heavy atom. The van der Waals surface area contributed by atoms with Gasteiger partial charge in [0.05, 0.1) is 46.4 Å². The molecule has 4 N–H and O–H groups in total. The van der Waals surface area contributed by atoms with Gasteiger partial charge in [0.2, 0.25) is 0 Å². The molecule has 14 heteroatoms. The third kappa shape index (κ3) is 5.81. The van der Waals surface area contributed by atoms with E-state index in [9.17, 15) is 33.6 Å². The second-order valence-electron chi connectivity index (χ2n) is 10.1. The molecule has 3 aromatic rings. The summed E-state index contributed by atoms with van der Waals surface area (Å²) in [4.78, 5) is 9.13. The number of aryl methyl sites for hydroxylation is 3. The lowest BCUT2D eigenvalue weighted by Gasteiger charge is -2.43. The van der Waals surface area contributed by atoms with E-state index in [1.165, 1.54) is 6.20 Å². The normalized spacial score (nSPS) is 24.7. The molecule has 0 spiro atoms. The van der Waals surface area contributed by atoms with Crippen molar-refractivity contribution in [1.29, 1.82) is 0 Å². The summed E-state index contributed by atoms with van der Waals surface area (Å²) in [5, 5.41) is 50.2. The van der Waals surface area contributed by atoms with Crippen molar-refractivity contribution in [2.24, 2.45) is 0 Å². The first-order chi connectivity index (χ1) is 18.2. The SMILES string of the molecule is Cc1nc(C)c([C@H](S[C@@H]2O[C@H](CO)[C@H](O)[C@H](n3cc(-c4cc(F)c(F)c(F)c4)nn3)[C@H]2O)C(C)(C)O)nc1C. The molecule has 10 nitrogen and oxygen atoms in total. The zero-order valence-corrected chi connectivity index (χ0v) is 22.7. The molecule has 4 rings (SSSR count). The van der Waals surface area contributed by atoms with E-state index in [1.54, 1.807) is 27.7 Å². The molecule has 212 valence electrons. The second-order valence-corrected chi connectivity index (χ2v) is 11.3. The van der Waals surface area contributed by atoms with Crippen molar-refractivity contribution in [2.75, 3.05) is 6.61 Å². The lowest BCUT2D eigenvalue weighted by atomic mass is 9.97. The molecule has 39 heavy (non-hydrogen) atoms. The molecular weight excluding hydrogens is 539 g/mol. The van der Waals surface area contributed by atoms with Crippen molar-refractivity contribution in [2.45, 2.75) is 75.3 Å². The van der Waals surface area contributed by atoms with Crippen LogP contribution in [-0.2, 0) is 4.74 Å². The van der Waals surface area contributed by atoms with E-state index in [4.69, 9.17) is 4.74 Å². The molecule has 0 unspecified atom stereocenters. The van der Waals surface area contributed by atoms with E-state index in [-0.39, 0.29) is 11.3 Å².